The molecule has 0 spiro atoms. The Hall–Kier alpha value is -6.23. The van der Waals surface area contributed by atoms with Crippen molar-refractivity contribution in [3.63, 3.8) is 0 Å². The number of rotatable bonds is 17. The van der Waals surface area contributed by atoms with Crippen LogP contribution in [0.1, 0.15) is 16.7 Å². The lowest BCUT2D eigenvalue weighted by Crippen LogP contribution is -2.63. The second-order valence-corrected chi connectivity index (χ2v) is 13.6. The molecular formula is C42H46O20. The normalized spacial score (nSPS) is 26.1. The summed E-state index contributed by atoms with van der Waals surface area (Å²) in [6.07, 6.45) is -8.00. The second-order valence-electron chi connectivity index (χ2n) is 13.6. The molecule has 2 aliphatic heterocycles. The van der Waals surface area contributed by atoms with Gasteiger partial charge in [0.25, 0.3) is 0 Å². The van der Waals surface area contributed by atoms with E-state index in [1.807, 2.05) is 0 Å². The smallest absolute Gasteiger partial charge is 0.331 e. The van der Waals surface area contributed by atoms with E-state index in [0.29, 0.717) is 16.7 Å². The number of esters is 3. The van der Waals surface area contributed by atoms with Crippen molar-refractivity contribution in [1.82, 2.24) is 0 Å². The molecule has 8 N–H and O–H groups in total. The highest BCUT2D eigenvalue weighted by Gasteiger charge is 2.61. The predicted molar refractivity (Wildman–Crippen MR) is 211 cm³/mol. The molecule has 2 saturated heterocycles. The fourth-order valence-electron chi connectivity index (χ4n) is 6.33. The Bertz CT molecular complexity index is 2130. The van der Waals surface area contributed by atoms with E-state index < -0.39 is 92.5 Å². The zero-order chi connectivity index (χ0) is 45.1. The van der Waals surface area contributed by atoms with Crippen LogP contribution in [0.15, 0.2) is 72.8 Å². The molecule has 5 rings (SSSR count). The number of carbonyl (C=O) groups is 3. The van der Waals surface area contributed by atoms with E-state index in [1.165, 1.54) is 94.2 Å². The molecule has 20 nitrogen and oxygen atoms in total. The maximum absolute atomic E-state index is 13.2. The fourth-order valence-corrected chi connectivity index (χ4v) is 6.33. The molecule has 334 valence electrons. The largest absolute Gasteiger partial charge is 0.504 e. The molecule has 0 aromatic heterocycles. The van der Waals surface area contributed by atoms with Crippen LogP contribution in [0.5, 0.6) is 34.5 Å². The van der Waals surface area contributed by atoms with Crippen molar-refractivity contribution in [1.29, 1.82) is 0 Å². The van der Waals surface area contributed by atoms with Gasteiger partial charge in [-0.05, 0) is 71.3 Å². The van der Waals surface area contributed by atoms with E-state index in [1.54, 1.807) is 0 Å². The monoisotopic (exact) mass is 870 g/mol. The Kier molecular flexibility index (Phi) is 15.9. The standard InChI is InChI=1S/C42H46O20/c1-54-28-16-22(4-10-25(28)45)7-13-33(48)57-20-32-36(51)40(60-35(50)15-9-24-6-12-27(47)30(18-24)56-3)42(21-44,61-32)62-41-38(53)37(52)39(31(19-43)58-41)59-34(49)14-8-23-5-11-26(46)29(17-23)55-2/h4-18,31-32,36-41,43-47,51-53H,19-21H2,1-3H3. The van der Waals surface area contributed by atoms with Gasteiger partial charge in [0.2, 0.25) is 5.79 Å². The Labute approximate surface area is 353 Å². The van der Waals surface area contributed by atoms with Crippen LogP contribution >= 0.6 is 0 Å². The van der Waals surface area contributed by atoms with Crippen LogP contribution in [0, 0.1) is 0 Å². The van der Waals surface area contributed by atoms with Crippen LogP contribution in [0.3, 0.4) is 0 Å². The highest BCUT2D eigenvalue weighted by atomic mass is 16.8. The summed E-state index contributed by atoms with van der Waals surface area (Å²) in [5, 5.41) is 84.2. The fraction of sp³-hybridized carbons (Fsp3) is 0.357. The van der Waals surface area contributed by atoms with Gasteiger partial charge in [-0.25, -0.2) is 14.4 Å². The minimum atomic E-state index is -2.61. The zero-order valence-corrected chi connectivity index (χ0v) is 33.4. The van der Waals surface area contributed by atoms with E-state index in [2.05, 4.69) is 0 Å². The summed E-state index contributed by atoms with van der Waals surface area (Å²) in [6.45, 7) is -2.85. The summed E-state index contributed by atoms with van der Waals surface area (Å²) in [7, 11) is 4.00. The number of methoxy groups -OCH3 is 3. The molecule has 0 saturated carbocycles. The third-order valence-corrected chi connectivity index (χ3v) is 9.56. The molecule has 0 aliphatic carbocycles. The number of benzene rings is 3. The molecule has 2 heterocycles. The lowest BCUT2D eigenvalue weighted by Gasteiger charge is -2.44. The average molecular weight is 871 g/mol. The van der Waals surface area contributed by atoms with Crippen molar-refractivity contribution in [2.75, 3.05) is 41.2 Å². The summed E-state index contributed by atoms with van der Waals surface area (Å²) in [4.78, 5) is 38.7. The van der Waals surface area contributed by atoms with E-state index in [-0.39, 0.29) is 34.5 Å². The molecular weight excluding hydrogens is 824 g/mol. The third-order valence-electron chi connectivity index (χ3n) is 9.56. The number of phenols is 3. The Morgan fingerprint density at radius 1 is 0.645 bits per heavy atom. The molecule has 62 heavy (non-hydrogen) atoms. The maximum Gasteiger partial charge on any atom is 0.331 e. The van der Waals surface area contributed by atoms with Crippen molar-refractivity contribution in [2.24, 2.45) is 0 Å². The maximum atomic E-state index is 13.2. The molecule has 9 atom stereocenters. The van der Waals surface area contributed by atoms with Crippen LogP contribution in [0.4, 0.5) is 0 Å². The lowest BCUT2D eigenvalue weighted by atomic mass is 9.98. The van der Waals surface area contributed by atoms with Gasteiger partial charge in [-0.1, -0.05) is 18.2 Å². The highest BCUT2D eigenvalue weighted by molar-refractivity contribution is 5.88. The van der Waals surface area contributed by atoms with Crippen molar-refractivity contribution >= 4 is 36.1 Å². The first-order chi connectivity index (χ1) is 29.6. The van der Waals surface area contributed by atoms with E-state index >= 15 is 0 Å². The Morgan fingerprint density at radius 2 is 1.11 bits per heavy atom. The highest BCUT2D eigenvalue weighted by Crippen LogP contribution is 2.39. The molecule has 20 heteroatoms. The number of aliphatic hydroxyl groups is 5. The lowest BCUT2D eigenvalue weighted by molar-refractivity contribution is -0.383. The number of aliphatic hydroxyl groups excluding tert-OH is 5. The van der Waals surface area contributed by atoms with Gasteiger partial charge in [-0.3, -0.25) is 0 Å². The Balaban J connectivity index is 1.34. The van der Waals surface area contributed by atoms with Gasteiger partial charge < -0.3 is 83.5 Å². The summed E-state index contributed by atoms with van der Waals surface area (Å²) in [5.74, 6) is -5.78. The summed E-state index contributed by atoms with van der Waals surface area (Å²) >= 11 is 0. The van der Waals surface area contributed by atoms with Gasteiger partial charge >= 0.3 is 17.9 Å². The molecule has 2 fully saturated rings. The molecule has 0 radical (unpaired) electrons. The van der Waals surface area contributed by atoms with Crippen LogP contribution in [0.2, 0.25) is 0 Å². The molecule has 3 aromatic carbocycles. The minimum Gasteiger partial charge on any atom is -0.504 e. The van der Waals surface area contributed by atoms with Crippen LogP contribution in [-0.2, 0) is 42.8 Å². The van der Waals surface area contributed by atoms with Crippen LogP contribution in [0.25, 0.3) is 18.2 Å². The van der Waals surface area contributed by atoms with Crippen molar-refractivity contribution in [3.8, 4) is 34.5 Å². The first-order valence-corrected chi connectivity index (χ1v) is 18.7. The van der Waals surface area contributed by atoms with Gasteiger partial charge in [0.05, 0.1) is 27.9 Å². The van der Waals surface area contributed by atoms with Gasteiger partial charge in [-0.15, -0.1) is 0 Å². The number of hydrogen-bond donors (Lipinski definition) is 8. The zero-order valence-electron chi connectivity index (χ0n) is 33.4. The minimum absolute atomic E-state index is 0.0980. The first kappa shape index (κ1) is 46.8. The van der Waals surface area contributed by atoms with Crippen LogP contribution in [-0.4, -0.2) is 155 Å². The average Bonchev–Trinajstić information content (AvgIpc) is 3.53. The van der Waals surface area contributed by atoms with Gasteiger partial charge in [0.1, 0.15) is 43.7 Å². The van der Waals surface area contributed by atoms with Crippen molar-refractivity contribution < 1.29 is 97.9 Å². The predicted octanol–water partition coefficient (Wildman–Crippen LogP) is 0.540. The van der Waals surface area contributed by atoms with E-state index in [0.717, 1.165) is 18.2 Å². The molecule has 9 unspecified atom stereocenters. The second kappa shape index (κ2) is 21.0. The molecule has 3 aromatic rings. The Morgan fingerprint density at radius 3 is 1.56 bits per heavy atom. The topological polar surface area (TPSA) is 296 Å². The summed E-state index contributed by atoms with van der Waals surface area (Å²) in [5.41, 5.74) is 1.25. The van der Waals surface area contributed by atoms with E-state index in [9.17, 15) is 55.2 Å². The summed E-state index contributed by atoms with van der Waals surface area (Å²) in [6, 6.07) is 12.7. The molecule has 2 aliphatic rings. The number of ether oxygens (including phenoxy) is 9. The van der Waals surface area contributed by atoms with E-state index in [4.69, 9.17) is 42.6 Å². The van der Waals surface area contributed by atoms with Crippen molar-refractivity contribution in [3.05, 3.63) is 89.5 Å². The van der Waals surface area contributed by atoms with Gasteiger partial charge in [0, 0.05) is 18.2 Å². The quantitative estimate of drug-likeness (QED) is 0.0522. The molecule has 0 bridgehead atoms. The third kappa shape index (κ3) is 11.2. The SMILES string of the molecule is COc1cc(C=CC(=O)OCC2OC(CO)(OC3OC(CO)C(OC(=O)C=Cc4ccc(O)c(OC)c4)C(O)C3O)C(OC(=O)C=Cc3ccc(O)c(OC)c3)C2O)ccc1O. The van der Waals surface area contributed by atoms with Crippen molar-refractivity contribution in [2.45, 2.75) is 54.8 Å². The first-order valence-electron chi connectivity index (χ1n) is 18.7. The van der Waals surface area contributed by atoms with Gasteiger partial charge in [0.15, 0.2) is 53.0 Å². The number of carbonyl (C=O) groups excluding carboxylic acids is 3. The summed E-state index contributed by atoms with van der Waals surface area (Å²) < 4.78 is 48.7. The molecule has 0 amide bonds. The number of phenolic OH excluding ortho intramolecular Hbond substituents is 3. The number of hydrogen-bond acceptors (Lipinski definition) is 20. The van der Waals surface area contributed by atoms with Crippen LogP contribution < -0.4 is 14.2 Å². The number of aromatic hydroxyl groups is 3. The van der Waals surface area contributed by atoms with Gasteiger partial charge in [-0.2, -0.15) is 0 Å².